The van der Waals surface area contributed by atoms with Crippen LogP contribution in [0, 0.1) is 0 Å². The second-order valence-electron chi connectivity index (χ2n) is 0.563. The predicted octanol–water partition coefficient (Wildman–Crippen LogP) is -0.182. The Bertz CT molecular complexity index is 91.9. The first-order valence-electron chi connectivity index (χ1n) is 1.06. The van der Waals surface area contributed by atoms with Crippen molar-refractivity contribution in [2.45, 2.75) is 5.76 Å². The molecule has 0 aliphatic heterocycles. The van der Waals surface area contributed by atoms with E-state index in [0.717, 1.165) is 0 Å². The molecule has 0 aliphatic carbocycles. The van der Waals surface area contributed by atoms with Gasteiger partial charge in [-0.25, -0.2) is 8.42 Å². The first-order chi connectivity index (χ1) is 2.64. The van der Waals surface area contributed by atoms with Gasteiger partial charge in [-0.1, -0.05) is 0 Å². The van der Waals surface area contributed by atoms with Gasteiger partial charge >= 0.3 is 5.76 Å². The molecule has 0 amide bonds. The Morgan fingerprint density at radius 1 is 1.29 bits per heavy atom. The van der Waals surface area contributed by atoms with Crippen LogP contribution in [0.2, 0.25) is 0 Å². The van der Waals surface area contributed by atoms with Gasteiger partial charge in [0.25, 0.3) is 0 Å². The van der Waals surface area contributed by atoms with Crippen LogP contribution in [0.15, 0.2) is 0 Å². The quantitative estimate of drug-likeness (QED) is 0.450. The average molecular weight is 181 g/mol. The van der Waals surface area contributed by atoms with Gasteiger partial charge in [0.1, 0.15) is 0 Å². The first kappa shape index (κ1) is 10.4. The molecule has 0 aliphatic rings. The largest absolute Gasteiger partial charge is 0.334 e. The van der Waals surface area contributed by atoms with Gasteiger partial charge in [0.2, 0.25) is 10.7 Å². The van der Waals surface area contributed by atoms with Crippen molar-refractivity contribution in [2.24, 2.45) is 0 Å². The molecule has 2 nitrogen and oxygen atoms in total. The molecule has 0 aromatic rings. The van der Waals surface area contributed by atoms with E-state index in [0.29, 0.717) is 0 Å². The van der Waals surface area contributed by atoms with E-state index >= 15 is 0 Å². The van der Waals surface area contributed by atoms with Gasteiger partial charge in [-0.05, 0) is 0 Å². The van der Waals surface area contributed by atoms with Crippen molar-refractivity contribution < 1.29 is 36.7 Å². The number of thiol groups is 1. The minimum absolute atomic E-state index is 0. The summed E-state index contributed by atoms with van der Waals surface area (Å²) >= 11 is 0. The van der Waals surface area contributed by atoms with Crippen LogP contribution >= 0.6 is 0 Å². The molecule has 0 atom stereocenters. The maximum Gasteiger partial charge on any atom is 0.334 e. The van der Waals surface area contributed by atoms with E-state index in [4.69, 9.17) is 8.42 Å². The maximum absolute atomic E-state index is 10.6. The molecule has 0 fully saturated rings. The third-order valence-corrected chi connectivity index (χ3v) is 0.478. The van der Waals surface area contributed by atoms with Crippen molar-refractivity contribution in [1.29, 1.82) is 0 Å². The molecule has 0 aromatic carbocycles. The molecule has 0 saturated heterocycles. The standard InChI is InChI=1S/CH2F2O2S.Zn/c2-1(3)6(4)5;/h1,6H;. The summed E-state index contributed by atoms with van der Waals surface area (Å²) in [5.74, 6) is -3.19. The normalized spacial score (nSPS) is 9.14. The molecule has 0 bridgehead atoms. The van der Waals surface area contributed by atoms with Crippen LogP contribution in [0.4, 0.5) is 8.78 Å². The number of rotatable bonds is 1. The number of hydrogen-bond donors (Lipinski definition) is 1. The van der Waals surface area contributed by atoms with Crippen LogP contribution in [-0.4, -0.2) is 14.2 Å². The molecule has 0 radical (unpaired) electrons. The molecule has 0 aromatic heterocycles. The summed E-state index contributed by atoms with van der Waals surface area (Å²) in [4.78, 5) is 0. The Morgan fingerprint density at radius 2 is 1.43 bits per heavy atom. The van der Waals surface area contributed by atoms with Gasteiger partial charge < -0.3 is 0 Å². The molecule has 0 unspecified atom stereocenters. The molecule has 0 N–H and O–H groups in total. The number of hydrogen-bond acceptors (Lipinski definition) is 2. The van der Waals surface area contributed by atoms with Crippen molar-refractivity contribution in [3.8, 4) is 0 Å². The zero-order valence-corrected chi connectivity index (χ0v) is 7.17. The Morgan fingerprint density at radius 3 is 1.43 bits per heavy atom. The zero-order valence-electron chi connectivity index (χ0n) is 3.30. The van der Waals surface area contributed by atoms with Crippen LogP contribution in [0.3, 0.4) is 0 Å². The van der Waals surface area contributed by atoms with Gasteiger partial charge in [0.15, 0.2) is 0 Å². The molecule has 0 saturated carbocycles. The number of halogens is 2. The second-order valence-corrected chi connectivity index (χ2v) is 1.52. The predicted molar refractivity (Wildman–Crippen MR) is 16.3 cm³/mol. The summed E-state index contributed by atoms with van der Waals surface area (Å²) in [5.41, 5.74) is 0. The second kappa shape index (κ2) is 4.59. The van der Waals surface area contributed by atoms with E-state index in [1.54, 1.807) is 0 Å². The fourth-order valence-electron chi connectivity index (χ4n) is 0. The summed E-state index contributed by atoms with van der Waals surface area (Å²) in [6.07, 6.45) is 0. The monoisotopic (exact) mass is 180 g/mol. The Labute approximate surface area is 53.6 Å². The first-order valence-corrected chi connectivity index (χ1v) is 2.31. The fourth-order valence-corrected chi connectivity index (χ4v) is 0. The van der Waals surface area contributed by atoms with E-state index in [1.165, 1.54) is 0 Å². The summed E-state index contributed by atoms with van der Waals surface area (Å²) in [6, 6.07) is 0. The SMILES string of the molecule is O=[SH](=O)C(F)F.[Zn]. The molecule has 40 valence electrons. The Balaban J connectivity index is 0. The summed E-state index contributed by atoms with van der Waals surface area (Å²) < 4.78 is 39.1. The number of alkyl halides is 2. The molecule has 0 rings (SSSR count). The van der Waals surface area contributed by atoms with Crippen molar-refractivity contribution in [2.75, 3.05) is 0 Å². The van der Waals surface area contributed by atoms with Crippen LogP contribution in [0.25, 0.3) is 0 Å². The molecule has 7 heavy (non-hydrogen) atoms. The van der Waals surface area contributed by atoms with Gasteiger partial charge in [0, 0.05) is 19.5 Å². The Hall–Kier alpha value is 0.433. The topological polar surface area (TPSA) is 34.1 Å². The van der Waals surface area contributed by atoms with Crippen LogP contribution in [0.5, 0.6) is 0 Å². The van der Waals surface area contributed by atoms with Crippen molar-refractivity contribution in [3.05, 3.63) is 0 Å². The van der Waals surface area contributed by atoms with Crippen LogP contribution in [0.1, 0.15) is 0 Å². The zero-order chi connectivity index (χ0) is 5.15. The van der Waals surface area contributed by atoms with Crippen molar-refractivity contribution in [3.63, 3.8) is 0 Å². The van der Waals surface area contributed by atoms with Gasteiger partial charge in [-0.3, -0.25) is 0 Å². The molecule has 0 spiro atoms. The van der Waals surface area contributed by atoms with Gasteiger partial charge in [-0.15, -0.1) is 0 Å². The fraction of sp³-hybridized carbons (Fsp3) is 1.00. The average Bonchev–Trinajstić information content (AvgIpc) is 1.36. The van der Waals surface area contributed by atoms with Gasteiger partial charge in [-0.2, -0.15) is 8.78 Å². The molecular formula is CH2F2O2SZn. The third-order valence-electron chi connectivity index (χ3n) is 0.159. The third kappa shape index (κ3) is 6.43. The van der Waals surface area contributed by atoms with E-state index in [2.05, 4.69) is 0 Å². The Kier molecular flexibility index (Phi) is 6.83. The van der Waals surface area contributed by atoms with Crippen LogP contribution < -0.4 is 0 Å². The van der Waals surface area contributed by atoms with E-state index in [9.17, 15) is 8.78 Å². The van der Waals surface area contributed by atoms with E-state index < -0.39 is 16.5 Å². The summed E-state index contributed by atoms with van der Waals surface area (Å²) in [6.45, 7) is 0. The molecular weight excluding hydrogens is 179 g/mol. The van der Waals surface area contributed by atoms with Gasteiger partial charge in [0.05, 0.1) is 0 Å². The van der Waals surface area contributed by atoms with Crippen LogP contribution in [-0.2, 0) is 30.2 Å². The minimum Gasteiger partial charge on any atom is -0.226 e. The van der Waals surface area contributed by atoms with Crippen molar-refractivity contribution in [1.82, 2.24) is 0 Å². The van der Waals surface area contributed by atoms with E-state index in [-0.39, 0.29) is 19.5 Å². The molecule has 6 heteroatoms. The van der Waals surface area contributed by atoms with E-state index in [1.807, 2.05) is 0 Å². The maximum atomic E-state index is 10.6. The molecule has 0 heterocycles. The summed E-state index contributed by atoms with van der Waals surface area (Å²) in [7, 11) is -3.49. The smallest absolute Gasteiger partial charge is 0.226 e. The summed E-state index contributed by atoms with van der Waals surface area (Å²) in [5, 5.41) is 0. The van der Waals surface area contributed by atoms with Crippen molar-refractivity contribution >= 4 is 10.7 Å². The minimum atomic E-state index is -3.49.